The Morgan fingerprint density at radius 2 is 1.69 bits per heavy atom. The van der Waals surface area contributed by atoms with Crippen molar-refractivity contribution < 1.29 is 19.8 Å². The number of hydrazine groups is 1. The number of nitrogens with one attached hydrogen (secondary N) is 2. The van der Waals surface area contributed by atoms with Crippen LogP contribution in [0.4, 0.5) is 0 Å². The second-order valence-electron chi connectivity index (χ2n) is 4.28. The van der Waals surface area contributed by atoms with Crippen LogP contribution in [0.15, 0.2) is 0 Å². The number of hydrogen-bond acceptors (Lipinski definition) is 4. The van der Waals surface area contributed by atoms with Gasteiger partial charge in [-0.3, -0.25) is 15.0 Å². The molecule has 0 aliphatic carbocycles. The second-order valence-corrected chi connectivity index (χ2v) is 4.28. The molecule has 0 heterocycles. The van der Waals surface area contributed by atoms with Crippen LogP contribution in [0.1, 0.15) is 27.2 Å². The van der Waals surface area contributed by atoms with Gasteiger partial charge in [-0.2, -0.15) is 0 Å². The molecular formula is C10H20N2O4. The summed E-state index contributed by atoms with van der Waals surface area (Å²) in [7, 11) is 0. The molecule has 0 aromatic heterocycles. The van der Waals surface area contributed by atoms with Crippen molar-refractivity contribution in [2.75, 3.05) is 6.54 Å². The SMILES string of the molecule is CC(C)C[C@H](NNCC(C)C(=O)O)C(=O)O. The van der Waals surface area contributed by atoms with E-state index in [1.807, 2.05) is 13.8 Å². The monoisotopic (exact) mass is 232 g/mol. The molecule has 0 aliphatic rings. The van der Waals surface area contributed by atoms with Gasteiger partial charge in [0.05, 0.1) is 5.92 Å². The maximum atomic E-state index is 10.8. The van der Waals surface area contributed by atoms with E-state index in [0.29, 0.717) is 6.42 Å². The Kier molecular flexibility index (Phi) is 6.67. The first-order valence-electron chi connectivity index (χ1n) is 5.28. The van der Waals surface area contributed by atoms with E-state index in [4.69, 9.17) is 10.2 Å². The van der Waals surface area contributed by atoms with E-state index in [1.165, 1.54) is 0 Å². The van der Waals surface area contributed by atoms with Crippen LogP contribution in [0.25, 0.3) is 0 Å². The van der Waals surface area contributed by atoms with Crippen LogP contribution in [-0.2, 0) is 9.59 Å². The third-order valence-corrected chi connectivity index (χ3v) is 2.11. The molecule has 0 aromatic carbocycles. The predicted octanol–water partition coefficient (Wildman–Crippen LogP) is 0.301. The Hall–Kier alpha value is -1.14. The summed E-state index contributed by atoms with van der Waals surface area (Å²) >= 11 is 0. The maximum absolute atomic E-state index is 10.8. The zero-order chi connectivity index (χ0) is 12.7. The van der Waals surface area contributed by atoms with E-state index in [0.717, 1.165) is 0 Å². The lowest BCUT2D eigenvalue weighted by molar-refractivity contribution is -0.141. The Morgan fingerprint density at radius 1 is 1.12 bits per heavy atom. The molecule has 0 aliphatic heterocycles. The molecule has 16 heavy (non-hydrogen) atoms. The highest BCUT2D eigenvalue weighted by molar-refractivity contribution is 5.73. The van der Waals surface area contributed by atoms with Gasteiger partial charge in [-0.05, 0) is 12.3 Å². The molecule has 0 amide bonds. The summed E-state index contributed by atoms with van der Waals surface area (Å²) in [5.41, 5.74) is 5.27. The van der Waals surface area contributed by atoms with Crippen molar-refractivity contribution in [2.24, 2.45) is 11.8 Å². The first-order valence-corrected chi connectivity index (χ1v) is 5.28. The largest absolute Gasteiger partial charge is 0.481 e. The van der Waals surface area contributed by atoms with E-state index in [1.54, 1.807) is 6.92 Å². The van der Waals surface area contributed by atoms with Gasteiger partial charge in [-0.15, -0.1) is 0 Å². The minimum Gasteiger partial charge on any atom is -0.481 e. The van der Waals surface area contributed by atoms with Crippen LogP contribution in [-0.4, -0.2) is 34.7 Å². The number of carbonyl (C=O) groups is 2. The van der Waals surface area contributed by atoms with Crippen LogP contribution in [0.5, 0.6) is 0 Å². The van der Waals surface area contributed by atoms with Crippen molar-refractivity contribution in [3.63, 3.8) is 0 Å². The van der Waals surface area contributed by atoms with Crippen molar-refractivity contribution in [1.29, 1.82) is 0 Å². The number of rotatable bonds is 8. The normalized spacial score (nSPS) is 14.8. The molecule has 0 radical (unpaired) electrons. The average molecular weight is 232 g/mol. The molecule has 0 aromatic rings. The average Bonchev–Trinajstić information content (AvgIpc) is 2.14. The van der Waals surface area contributed by atoms with E-state index < -0.39 is 23.9 Å². The number of hydrogen-bond donors (Lipinski definition) is 4. The fourth-order valence-corrected chi connectivity index (χ4v) is 1.12. The third-order valence-electron chi connectivity index (χ3n) is 2.11. The summed E-state index contributed by atoms with van der Waals surface area (Å²) in [6.07, 6.45) is 0.490. The van der Waals surface area contributed by atoms with Gasteiger partial charge in [0.1, 0.15) is 6.04 Å². The minimum atomic E-state index is -0.941. The van der Waals surface area contributed by atoms with Crippen molar-refractivity contribution in [3.8, 4) is 0 Å². The summed E-state index contributed by atoms with van der Waals surface area (Å²) in [5.74, 6) is -2.15. The lowest BCUT2D eigenvalue weighted by atomic mass is 10.0. The molecule has 0 saturated carbocycles. The molecule has 94 valence electrons. The molecule has 0 bridgehead atoms. The quantitative estimate of drug-likeness (QED) is 0.449. The molecule has 0 rings (SSSR count). The molecule has 2 atom stereocenters. The Morgan fingerprint density at radius 3 is 2.06 bits per heavy atom. The first-order chi connectivity index (χ1) is 7.34. The molecular weight excluding hydrogens is 212 g/mol. The van der Waals surface area contributed by atoms with Crippen LogP contribution in [0.3, 0.4) is 0 Å². The van der Waals surface area contributed by atoms with Gasteiger partial charge < -0.3 is 10.2 Å². The zero-order valence-corrected chi connectivity index (χ0v) is 9.86. The van der Waals surface area contributed by atoms with Gasteiger partial charge in [0.2, 0.25) is 0 Å². The van der Waals surface area contributed by atoms with Gasteiger partial charge in [-0.1, -0.05) is 20.8 Å². The summed E-state index contributed by atoms with van der Waals surface area (Å²) < 4.78 is 0. The molecule has 1 unspecified atom stereocenters. The Labute approximate surface area is 95.0 Å². The third kappa shape index (κ3) is 6.36. The molecule has 6 nitrogen and oxygen atoms in total. The van der Waals surface area contributed by atoms with Gasteiger partial charge in [0, 0.05) is 6.54 Å². The zero-order valence-electron chi connectivity index (χ0n) is 9.86. The van der Waals surface area contributed by atoms with Crippen molar-refractivity contribution in [1.82, 2.24) is 10.9 Å². The van der Waals surface area contributed by atoms with Crippen LogP contribution in [0, 0.1) is 11.8 Å². The summed E-state index contributed by atoms with van der Waals surface area (Å²) in [5, 5.41) is 17.5. The molecule has 0 saturated heterocycles. The smallest absolute Gasteiger partial charge is 0.322 e. The maximum Gasteiger partial charge on any atom is 0.322 e. The predicted molar refractivity (Wildman–Crippen MR) is 58.8 cm³/mol. The number of aliphatic carboxylic acids is 2. The molecule has 4 N–H and O–H groups in total. The lowest BCUT2D eigenvalue weighted by Crippen LogP contribution is -2.48. The standard InChI is InChI=1S/C10H20N2O4/c1-6(2)4-8(10(15)16)12-11-5-7(3)9(13)14/h6-8,11-12H,4-5H2,1-3H3,(H,13,14)(H,15,16)/t7?,8-/m0/s1. The van der Waals surface area contributed by atoms with Crippen LogP contribution >= 0.6 is 0 Å². The van der Waals surface area contributed by atoms with Gasteiger partial charge in [0.25, 0.3) is 0 Å². The van der Waals surface area contributed by atoms with Gasteiger partial charge in [0.15, 0.2) is 0 Å². The number of carboxylic acids is 2. The Balaban J connectivity index is 3.94. The topological polar surface area (TPSA) is 98.7 Å². The lowest BCUT2D eigenvalue weighted by Gasteiger charge is -2.18. The number of carboxylic acid groups (broad SMARTS) is 2. The second kappa shape index (κ2) is 7.19. The van der Waals surface area contributed by atoms with E-state index in [9.17, 15) is 9.59 Å². The van der Waals surface area contributed by atoms with Crippen molar-refractivity contribution in [3.05, 3.63) is 0 Å². The van der Waals surface area contributed by atoms with Crippen molar-refractivity contribution >= 4 is 11.9 Å². The van der Waals surface area contributed by atoms with Gasteiger partial charge in [-0.25, -0.2) is 5.43 Å². The highest BCUT2D eigenvalue weighted by Gasteiger charge is 2.18. The summed E-state index contributed by atoms with van der Waals surface area (Å²) in [4.78, 5) is 21.3. The van der Waals surface area contributed by atoms with Crippen molar-refractivity contribution in [2.45, 2.75) is 33.2 Å². The van der Waals surface area contributed by atoms with E-state index in [-0.39, 0.29) is 12.5 Å². The molecule has 6 heteroatoms. The molecule has 0 spiro atoms. The van der Waals surface area contributed by atoms with Crippen LogP contribution < -0.4 is 10.9 Å². The van der Waals surface area contributed by atoms with Gasteiger partial charge >= 0.3 is 11.9 Å². The fraction of sp³-hybridized carbons (Fsp3) is 0.800. The first kappa shape index (κ1) is 14.9. The fourth-order valence-electron chi connectivity index (χ4n) is 1.12. The Bertz CT molecular complexity index is 243. The molecule has 0 fully saturated rings. The highest BCUT2D eigenvalue weighted by atomic mass is 16.4. The van der Waals surface area contributed by atoms with E-state index >= 15 is 0 Å². The summed E-state index contributed by atoms with van der Waals surface area (Å²) in [6, 6.07) is -0.694. The highest BCUT2D eigenvalue weighted by Crippen LogP contribution is 2.04. The van der Waals surface area contributed by atoms with Crippen LogP contribution in [0.2, 0.25) is 0 Å². The van der Waals surface area contributed by atoms with E-state index in [2.05, 4.69) is 10.9 Å². The minimum absolute atomic E-state index is 0.192. The summed E-state index contributed by atoms with van der Waals surface area (Å²) in [6.45, 7) is 5.60.